The predicted octanol–water partition coefficient (Wildman–Crippen LogP) is 2.94. The Morgan fingerprint density at radius 2 is 2.00 bits per heavy atom. The van der Waals surface area contributed by atoms with Crippen LogP contribution >= 0.6 is 15.9 Å². The molecule has 1 N–H and O–H groups in total. The summed E-state index contributed by atoms with van der Waals surface area (Å²) in [6.45, 7) is -0.188. The van der Waals surface area contributed by atoms with Gasteiger partial charge in [-0.15, -0.1) is 0 Å². The van der Waals surface area contributed by atoms with Gasteiger partial charge in [0.2, 0.25) is 10.0 Å². The average Bonchev–Trinajstić information content (AvgIpc) is 2.46. The molecule has 0 amide bonds. The monoisotopic (exact) mass is 368 g/mol. The fraction of sp³-hybridized carbons (Fsp3) is 0.0714. The Bertz CT molecular complexity index is 816. The van der Waals surface area contributed by atoms with Crippen molar-refractivity contribution in [2.24, 2.45) is 0 Å². The Hall–Kier alpha value is -1.75. The van der Waals surface area contributed by atoms with Crippen molar-refractivity contribution in [3.8, 4) is 6.07 Å². The van der Waals surface area contributed by atoms with E-state index in [0.29, 0.717) is 4.47 Å². The van der Waals surface area contributed by atoms with Crippen LogP contribution in [0, 0.1) is 17.1 Å². The van der Waals surface area contributed by atoms with Crippen LogP contribution in [0.25, 0.3) is 0 Å². The van der Waals surface area contributed by atoms with Gasteiger partial charge in [-0.1, -0.05) is 28.1 Å². The molecule has 0 fully saturated rings. The van der Waals surface area contributed by atoms with Crippen LogP contribution in [0.15, 0.2) is 51.8 Å². The van der Waals surface area contributed by atoms with Crippen molar-refractivity contribution in [1.82, 2.24) is 4.72 Å². The van der Waals surface area contributed by atoms with E-state index >= 15 is 0 Å². The molecule has 0 spiro atoms. The molecular formula is C14H10BrFN2O2S. The number of sulfonamides is 1. The van der Waals surface area contributed by atoms with Crippen molar-refractivity contribution in [3.05, 3.63) is 63.9 Å². The van der Waals surface area contributed by atoms with Gasteiger partial charge in [0.05, 0.1) is 16.5 Å². The van der Waals surface area contributed by atoms with Crippen molar-refractivity contribution in [3.63, 3.8) is 0 Å². The first kappa shape index (κ1) is 15.6. The summed E-state index contributed by atoms with van der Waals surface area (Å²) in [6, 6.07) is 11.9. The predicted molar refractivity (Wildman–Crippen MR) is 79.3 cm³/mol. The van der Waals surface area contributed by atoms with Crippen LogP contribution in [0.3, 0.4) is 0 Å². The van der Waals surface area contributed by atoms with E-state index in [4.69, 9.17) is 5.26 Å². The second kappa shape index (κ2) is 6.35. The molecule has 0 aromatic heterocycles. The number of benzene rings is 2. The molecule has 21 heavy (non-hydrogen) atoms. The average molecular weight is 369 g/mol. The highest BCUT2D eigenvalue weighted by atomic mass is 79.9. The van der Waals surface area contributed by atoms with E-state index in [1.807, 2.05) is 6.07 Å². The lowest BCUT2D eigenvalue weighted by atomic mass is 10.1. The van der Waals surface area contributed by atoms with Gasteiger partial charge in [-0.05, 0) is 30.3 Å². The van der Waals surface area contributed by atoms with Crippen LogP contribution in [0.1, 0.15) is 11.1 Å². The third-order valence-corrected chi connectivity index (χ3v) is 4.63. The molecule has 2 aromatic rings. The number of nitrogens with one attached hydrogen (secondary N) is 1. The summed E-state index contributed by atoms with van der Waals surface area (Å²) >= 11 is 3.20. The zero-order chi connectivity index (χ0) is 15.5. The molecule has 0 saturated carbocycles. The standard InChI is InChI=1S/C14H10BrFN2O2S/c15-12-2-1-3-13(7-12)21(19,20)18-9-11-5-4-10(8-17)6-14(11)16/h1-7,18H,9H2. The fourth-order valence-corrected chi connectivity index (χ4v) is 3.25. The number of nitrogens with zero attached hydrogens (tertiary/aromatic N) is 1. The minimum atomic E-state index is -3.73. The van der Waals surface area contributed by atoms with E-state index in [9.17, 15) is 12.8 Å². The molecule has 0 atom stereocenters. The third kappa shape index (κ3) is 3.88. The van der Waals surface area contributed by atoms with Crippen LogP contribution in [0.5, 0.6) is 0 Å². The number of halogens is 2. The van der Waals surface area contributed by atoms with Gasteiger partial charge in [0, 0.05) is 16.6 Å². The summed E-state index contributed by atoms with van der Waals surface area (Å²) in [5.41, 5.74) is 0.360. The summed E-state index contributed by atoms with van der Waals surface area (Å²) in [5, 5.41) is 8.65. The van der Waals surface area contributed by atoms with E-state index < -0.39 is 15.8 Å². The highest BCUT2D eigenvalue weighted by Crippen LogP contribution is 2.17. The van der Waals surface area contributed by atoms with Crippen molar-refractivity contribution in [2.75, 3.05) is 0 Å². The Balaban J connectivity index is 2.18. The zero-order valence-corrected chi connectivity index (χ0v) is 13.1. The normalized spacial score (nSPS) is 11.1. The summed E-state index contributed by atoms with van der Waals surface area (Å²) in [5.74, 6) is -0.619. The van der Waals surface area contributed by atoms with E-state index in [0.717, 1.165) is 6.07 Å². The molecule has 2 aromatic carbocycles. The lowest BCUT2D eigenvalue weighted by molar-refractivity contribution is 0.574. The summed E-state index contributed by atoms with van der Waals surface area (Å²) < 4.78 is 40.8. The van der Waals surface area contributed by atoms with Gasteiger partial charge in [-0.25, -0.2) is 17.5 Å². The van der Waals surface area contributed by atoms with Gasteiger partial charge in [0.15, 0.2) is 0 Å². The van der Waals surface area contributed by atoms with Crippen LogP contribution in [0.2, 0.25) is 0 Å². The second-order valence-corrected chi connectivity index (χ2v) is 6.88. The molecule has 0 unspecified atom stereocenters. The molecule has 108 valence electrons. The maximum Gasteiger partial charge on any atom is 0.240 e. The summed E-state index contributed by atoms with van der Waals surface area (Å²) in [6.07, 6.45) is 0. The highest BCUT2D eigenvalue weighted by molar-refractivity contribution is 9.10. The molecule has 0 heterocycles. The Morgan fingerprint density at radius 1 is 1.24 bits per heavy atom. The van der Waals surface area contributed by atoms with Crippen molar-refractivity contribution in [2.45, 2.75) is 11.4 Å². The van der Waals surface area contributed by atoms with Gasteiger partial charge in [-0.3, -0.25) is 0 Å². The van der Waals surface area contributed by atoms with Gasteiger partial charge >= 0.3 is 0 Å². The van der Waals surface area contributed by atoms with Gasteiger partial charge in [-0.2, -0.15) is 5.26 Å². The number of rotatable bonds is 4. The van der Waals surface area contributed by atoms with Crippen LogP contribution in [-0.2, 0) is 16.6 Å². The first-order chi connectivity index (χ1) is 9.92. The fourth-order valence-electron chi connectivity index (χ4n) is 1.65. The minimum Gasteiger partial charge on any atom is -0.207 e. The summed E-state index contributed by atoms with van der Waals surface area (Å²) in [4.78, 5) is 0.0888. The lowest BCUT2D eigenvalue weighted by Gasteiger charge is -2.08. The van der Waals surface area contributed by atoms with E-state index in [-0.39, 0.29) is 22.6 Å². The highest BCUT2D eigenvalue weighted by Gasteiger charge is 2.15. The van der Waals surface area contributed by atoms with E-state index in [1.54, 1.807) is 12.1 Å². The molecule has 0 bridgehead atoms. The number of nitriles is 1. The first-order valence-electron chi connectivity index (χ1n) is 5.86. The molecule has 7 heteroatoms. The largest absolute Gasteiger partial charge is 0.240 e. The van der Waals surface area contributed by atoms with E-state index in [1.165, 1.54) is 24.3 Å². The van der Waals surface area contributed by atoms with Crippen molar-refractivity contribution < 1.29 is 12.8 Å². The van der Waals surface area contributed by atoms with E-state index in [2.05, 4.69) is 20.7 Å². The Kier molecular flexibility index (Phi) is 4.73. The van der Waals surface area contributed by atoms with Gasteiger partial charge in [0.25, 0.3) is 0 Å². The smallest absolute Gasteiger partial charge is 0.207 e. The SMILES string of the molecule is N#Cc1ccc(CNS(=O)(=O)c2cccc(Br)c2)c(F)c1. The lowest BCUT2D eigenvalue weighted by Crippen LogP contribution is -2.23. The molecule has 2 rings (SSSR count). The maximum atomic E-state index is 13.7. The zero-order valence-electron chi connectivity index (χ0n) is 10.7. The van der Waals surface area contributed by atoms with Crippen molar-refractivity contribution in [1.29, 1.82) is 5.26 Å². The second-order valence-electron chi connectivity index (χ2n) is 4.20. The number of hydrogen-bond acceptors (Lipinski definition) is 3. The van der Waals surface area contributed by atoms with Crippen molar-refractivity contribution >= 4 is 26.0 Å². The van der Waals surface area contributed by atoms with Gasteiger partial charge in [0.1, 0.15) is 5.82 Å². The maximum absolute atomic E-state index is 13.7. The molecular weight excluding hydrogens is 359 g/mol. The molecule has 0 aliphatic heterocycles. The Morgan fingerprint density at radius 3 is 2.62 bits per heavy atom. The van der Waals surface area contributed by atoms with Gasteiger partial charge < -0.3 is 0 Å². The van der Waals surface area contributed by atoms with Crippen LogP contribution in [0.4, 0.5) is 4.39 Å². The van der Waals surface area contributed by atoms with Crippen LogP contribution < -0.4 is 4.72 Å². The summed E-state index contributed by atoms with van der Waals surface area (Å²) in [7, 11) is -3.73. The number of hydrogen-bond donors (Lipinski definition) is 1. The first-order valence-corrected chi connectivity index (χ1v) is 8.14. The molecule has 0 radical (unpaired) electrons. The molecule has 0 aliphatic carbocycles. The van der Waals surface area contributed by atoms with Crippen LogP contribution in [-0.4, -0.2) is 8.42 Å². The minimum absolute atomic E-state index is 0.0888. The molecule has 0 saturated heterocycles. The topological polar surface area (TPSA) is 70.0 Å². The quantitative estimate of drug-likeness (QED) is 0.901. The molecule has 0 aliphatic rings. The Labute approximate surface area is 130 Å². The molecule has 4 nitrogen and oxygen atoms in total. The third-order valence-electron chi connectivity index (χ3n) is 2.74.